The summed E-state index contributed by atoms with van der Waals surface area (Å²) in [6.07, 6.45) is 2.21. The normalized spacial score (nSPS) is 31.9. The first kappa shape index (κ1) is 11.9. The van der Waals surface area contributed by atoms with Crippen LogP contribution >= 0.6 is 11.8 Å². The molecular weight excluding hydrogens is 224 g/mol. The third kappa shape index (κ3) is 2.58. The van der Waals surface area contributed by atoms with Gasteiger partial charge >= 0.3 is 0 Å². The van der Waals surface area contributed by atoms with Crippen LogP contribution in [-0.4, -0.2) is 47.9 Å². The summed E-state index contributed by atoms with van der Waals surface area (Å²) < 4.78 is 0. The number of rotatable bonds is 2. The fraction of sp³-hybridized carbons (Fsp3) is 0.818. The van der Waals surface area contributed by atoms with Gasteiger partial charge in [0.2, 0.25) is 11.8 Å². The first-order valence-electron chi connectivity index (χ1n) is 5.72. The third-order valence-corrected chi connectivity index (χ3v) is 4.18. The molecule has 0 aromatic rings. The maximum absolute atomic E-state index is 11.7. The lowest BCUT2D eigenvalue weighted by Gasteiger charge is -2.38. The molecule has 2 amide bonds. The molecular formula is C11H18N2O2S. The Kier molecular flexibility index (Phi) is 3.54. The first-order valence-corrected chi connectivity index (χ1v) is 6.88. The van der Waals surface area contributed by atoms with Gasteiger partial charge in [0, 0.05) is 13.1 Å². The molecule has 5 heteroatoms. The van der Waals surface area contributed by atoms with Gasteiger partial charge in [-0.05, 0) is 24.8 Å². The van der Waals surface area contributed by atoms with E-state index in [1.807, 2.05) is 0 Å². The Balaban J connectivity index is 2.01. The van der Waals surface area contributed by atoms with Crippen LogP contribution in [0, 0.1) is 5.41 Å². The molecule has 2 aliphatic rings. The fourth-order valence-electron chi connectivity index (χ4n) is 2.33. The number of amides is 2. The molecule has 0 aliphatic carbocycles. The predicted octanol–water partition coefficient (Wildman–Crippen LogP) is 0.478. The largest absolute Gasteiger partial charge is 0.316 e. The maximum Gasteiger partial charge on any atom is 0.239 e. The van der Waals surface area contributed by atoms with Crippen LogP contribution in [0.5, 0.6) is 0 Å². The molecule has 0 bridgehead atoms. The summed E-state index contributed by atoms with van der Waals surface area (Å²) in [7, 11) is 0. The molecule has 0 aromatic carbocycles. The minimum atomic E-state index is -0.0203. The van der Waals surface area contributed by atoms with Crippen molar-refractivity contribution in [2.75, 3.05) is 31.1 Å². The van der Waals surface area contributed by atoms with Crippen molar-refractivity contribution in [1.29, 1.82) is 0 Å². The van der Waals surface area contributed by atoms with Gasteiger partial charge in [-0.2, -0.15) is 0 Å². The molecule has 1 N–H and O–H groups in total. The Hall–Kier alpha value is -0.550. The quantitative estimate of drug-likeness (QED) is 0.716. The van der Waals surface area contributed by atoms with Gasteiger partial charge in [-0.3, -0.25) is 14.5 Å². The van der Waals surface area contributed by atoms with Crippen molar-refractivity contribution in [3.05, 3.63) is 0 Å². The van der Waals surface area contributed by atoms with E-state index in [9.17, 15) is 9.59 Å². The standard InChI is InChI=1S/C11H18N2O2S/c1-11(3-2-4-12-7-11)8-13-9(14)5-16-6-10(13)15/h12H,2-8H2,1H3. The maximum atomic E-state index is 11.7. The number of hydrogen-bond acceptors (Lipinski definition) is 4. The van der Waals surface area contributed by atoms with Crippen LogP contribution in [0.1, 0.15) is 19.8 Å². The predicted molar refractivity (Wildman–Crippen MR) is 64.3 cm³/mol. The smallest absolute Gasteiger partial charge is 0.239 e. The monoisotopic (exact) mass is 242 g/mol. The number of thioether (sulfide) groups is 1. The molecule has 1 atom stereocenters. The number of carbonyl (C=O) groups excluding carboxylic acids is 2. The Morgan fingerprint density at radius 2 is 2.06 bits per heavy atom. The van der Waals surface area contributed by atoms with Gasteiger partial charge in [0.25, 0.3) is 0 Å². The number of piperidine rings is 1. The number of nitrogens with zero attached hydrogens (tertiary/aromatic N) is 1. The topological polar surface area (TPSA) is 49.4 Å². The Morgan fingerprint density at radius 3 is 2.62 bits per heavy atom. The van der Waals surface area contributed by atoms with Crippen LogP contribution in [0.2, 0.25) is 0 Å². The second kappa shape index (κ2) is 4.75. The Labute approximate surface area is 100 Å². The van der Waals surface area contributed by atoms with Crippen LogP contribution < -0.4 is 5.32 Å². The number of hydrogen-bond donors (Lipinski definition) is 1. The molecule has 0 saturated carbocycles. The molecule has 0 aromatic heterocycles. The highest BCUT2D eigenvalue weighted by molar-refractivity contribution is 8.00. The Bertz CT molecular complexity index is 284. The van der Waals surface area contributed by atoms with Gasteiger partial charge < -0.3 is 5.32 Å². The summed E-state index contributed by atoms with van der Waals surface area (Å²) in [6, 6.07) is 0. The van der Waals surface area contributed by atoms with Crippen molar-refractivity contribution in [1.82, 2.24) is 10.2 Å². The zero-order valence-corrected chi connectivity index (χ0v) is 10.4. The SMILES string of the molecule is CC1(CN2C(=O)CSCC2=O)CCCNC1. The van der Waals surface area contributed by atoms with Gasteiger partial charge in [0.15, 0.2) is 0 Å². The Morgan fingerprint density at radius 1 is 1.38 bits per heavy atom. The van der Waals surface area contributed by atoms with Crippen LogP contribution in [0.4, 0.5) is 0 Å². The van der Waals surface area contributed by atoms with E-state index in [1.165, 1.54) is 16.7 Å². The first-order chi connectivity index (χ1) is 7.61. The minimum absolute atomic E-state index is 0.0203. The number of imide groups is 1. The average molecular weight is 242 g/mol. The van der Waals surface area contributed by atoms with Gasteiger partial charge in [-0.25, -0.2) is 0 Å². The molecule has 4 nitrogen and oxygen atoms in total. The van der Waals surface area contributed by atoms with Crippen molar-refractivity contribution < 1.29 is 9.59 Å². The molecule has 2 fully saturated rings. The zero-order valence-electron chi connectivity index (χ0n) is 9.62. The summed E-state index contributed by atoms with van der Waals surface area (Å²) >= 11 is 1.42. The van der Waals surface area contributed by atoms with E-state index in [1.54, 1.807) is 0 Å². The zero-order chi connectivity index (χ0) is 11.6. The van der Waals surface area contributed by atoms with Gasteiger partial charge in [-0.15, -0.1) is 11.8 Å². The summed E-state index contributed by atoms with van der Waals surface area (Å²) in [5, 5.41) is 3.34. The molecule has 0 radical (unpaired) electrons. The van der Waals surface area contributed by atoms with Gasteiger partial charge in [-0.1, -0.05) is 6.92 Å². The third-order valence-electron chi connectivity index (χ3n) is 3.28. The van der Waals surface area contributed by atoms with Crippen LogP contribution in [0.25, 0.3) is 0 Å². The molecule has 16 heavy (non-hydrogen) atoms. The van der Waals surface area contributed by atoms with Crippen LogP contribution in [-0.2, 0) is 9.59 Å². The second-order valence-corrected chi connectivity index (χ2v) is 5.94. The lowest BCUT2D eigenvalue weighted by molar-refractivity contribution is -0.144. The van der Waals surface area contributed by atoms with Crippen molar-refractivity contribution in [2.24, 2.45) is 5.41 Å². The minimum Gasteiger partial charge on any atom is -0.316 e. The lowest BCUT2D eigenvalue weighted by Crippen LogP contribution is -2.52. The second-order valence-electron chi connectivity index (χ2n) is 4.96. The average Bonchev–Trinajstić information content (AvgIpc) is 2.25. The van der Waals surface area contributed by atoms with Crippen LogP contribution in [0.3, 0.4) is 0 Å². The van der Waals surface area contributed by atoms with E-state index >= 15 is 0 Å². The van der Waals surface area contributed by atoms with E-state index in [0.29, 0.717) is 18.1 Å². The lowest BCUT2D eigenvalue weighted by atomic mass is 9.82. The van der Waals surface area contributed by atoms with E-state index < -0.39 is 0 Å². The fourth-order valence-corrected chi connectivity index (χ4v) is 3.10. The van der Waals surface area contributed by atoms with Crippen molar-refractivity contribution in [2.45, 2.75) is 19.8 Å². The molecule has 1 unspecified atom stereocenters. The molecule has 0 spiro atoms. The van der Waals surface area contributed by atoms with Gasteiger partial charge in [0.1, 0.15) is 0 Å². The van der Waals surface area contributed by atoms with E-state index in [4.69, 9.17) is 0 Å². The molecule has 90 valence electrons. The number of carbonyl (C=O) groups is 2. The summed E-state index contributed by atoms with van der Waals surface area (Å²) in [5.74, 6) is 0.867. The van der Waals surface area contributed by atoms with Crippen molar-refractivity contribution >= 4 is 23.6 Å². The van der Waals surface area contributed by atoms with E-state index in [0.717, 1.165) is 25.9 Å². The van der Waals surface area contributed by atoms with Crippen LogP contribution in [0.15, 0.2) is 0 Å². The number of nitrogens with one attached hydrogen (secondary N) is 1. The van der Waals surface area contributed by atoms with Crippen molar-refractivity contribution in [3.63, 3.8) is 0 Å². The molecule has 2 rings (SSSR count). The summed E-state index contributed by atoms with van der Waals surface area (Å²) in [6.45, 7) is 4.68. The summed E-state index contributed by atoms with van der Waals surface area (Å²) in [4.78, 5) is 24.8. The summed E-state index contributed by atoms with van der Waals surface area (Å²) in [5.41, 5.74) is 0.0611. The van der Waals surface area contributed by atoms with E-state index in [2.05, 4.69) is 12.2 Å². The van der Waals surface area contributed by atoms with E-state index in [-0.39, 0.29) is 17.2 Å². The molecule has 2 saturated heterocycles. The molecule has 2 aliphatic heterocycles. The highest BCUT2D eigenvalue weighted by Crippen LogP contribution is 2.28. The molecule has 2 heterocycles. The highest BCUT2D eigenvalue weighted by Gasteiger charge is 2.35. The van der Waals surface area contributed by atoms with Crippen molar-refractivity contribution in [3.8, 4) is 0 Å². The van der Waals surface area contributed by atoms with Gasteiger partial charge in [0.05, 0.1) is 11.5 Å². The highest BCUT2D eigenvalue weighted by atomic mass is 32.2.